The van der Waals surface area contributed by atoms with Crippen LogP contribution in [0.25, 0.3) is 0 Å². The van der Waals surface area contributed by atoms with Gasteiger partial charge < -0.3 is 15.3 Å². The number of nitrogens with zero attached hydrogens (tertiary/aromatic N) is 1. The van der Waals surface area contributed by atoms with E-state index < -0.39 is 12.0 Å². The number of aliphatic carboxylic acids is 1. The second-order valence-electron chi connectivity index (χ2n) is 4.73. The SMILES string of the molecule is CSCC[C@H](NC(=O)N(C)CCC(C)C)C(=O)O. The lowest BCUT2D eigenvalue weighted by molar-refractivity contribution is -0.139. The molecule has 0 aromatic carbocycles. The smallest absolute Gasteiger partial charge is 0.326 e. The highest BCUT2D eigenvalue weighted by Gasteiger charge is 2.21. The fourth-order valence-electron chi connectivity index (χ4n) is 1.31. The Morgan fingerprint density at radius 2 is 1.94 bits per heavy atom. The molecule has 2 amide bonds. The molecule has 0 fully saturated rings. The molecule has 0 bridgehead atoms. The number of carboxylic acids is 1. The molecular formula is C12H24N2O3S. The van der Waals surface area contributed by atoms with Crippen molar-refractivity contribution in [2.45, 2.75) is 32.7 Å². The molecule has 1 atom stereocenters. The molecule has 0 aliphatic heterocycles. The molecule has 2 N–H and O–H groups in total. The van der Waals surface area contributed by atoms with Crippen molar-refractivity contribution in [3.05, 3.63) is 0 Å². The number of nitrogens with one attached hydrogen (secondary N) is 1. The van der Waals surface area contributed by atoms with Gasteiger partial charge in [0.1, 0.15) is 6.04 Å². The van der Waals surface area contributed by atoms with E-state index in [-0.39, 0.29) is 6.03 Å². The summed E-state index contributed by atoms with van der Waals surface area (Å²) >= 11 is 1.57. The Morgan fingerprint density at radius 1 is 1.33 bits per heavy atom. The monoisotopic (exact) mass is 276 g/mol. The number of rotatable bonds is 8. The van der Waals surface area contributed by atoms with Gasteiger partial charge in [-0.3, -0.25) is 0 Å². The third-order valence-electron chi connectivity index (χ3n) is 2.60. The van der Waals surface area contributed by atoms with E-state index in [1.165, 1.54) is 4.90 Å². The molecule has 0 radical (unpaired) electrons. The number of hydrogen-bond donors (Lipinski definition) is 2. The first-order valence-corrected chi connectivity index (χ1v) is 7.51. The Hall–Kier alpha value is -0.910. The summed E-state index contributed by atoms with van der Waals surface area (Å²) in [6, 6.07) is -1.12. The number of carbonyl (C=O) groups is 2. The van der Waals surface area contributed by atoms with E-state index >= 15 is 0 Å². The summed E-state index contributed by atoms with van der Waals surface area (Å²) in [6.07, 6.45) is 3.27. The minimum atomic E-state index is -0.977. The molecule has 18 heavy (non-hydrogen) atoms. The molecule has 0 saturated carbocycles. The van der Waals surface area contributed by atoms with Crippen molar-refractivity contribution >= 4 is 23.8 Å². The Kier molecular flexibility index (Phi) is 8.62. The minimum absolute atomic E-state index is 0.316. The first-order valence-electron chi connectivity index (χ1n) is 6.11. The van der Waals surface area contributed by atoms with Crippen molar-refractivity contribution in [1.29, 1.82) is 0 Å². The van der Waals surface area contributed by atoms with Gasteiger partial charge in [0, 0.05) is 13.6 Å². The fourth-order valence-corrected chi connectivity index (χ4v) is 1.78. The zero-order valence-electron chi connectivity index (χ0n) is 11.6. The van der Waals surface area contributed by atoms with Gasteiger partial charge in [-0.2, -0.15) is 11.8 Å². The molecular weight excluding hydrogens is 252 g/mol. The third kappa shape index (κ3) is 7.42. The van der Waals surface area contributed by atoms with Crippen LogP contribution in [-0.4, -0.2) is 53.6 Å². The van der Waals surface area contributed by atoms with E-state index in [4.69, 9.17) is 5.11 Å². The Bertz CT molecular complexity index is 272. The van der Waals surface area contributed by atoms with Crippen LogP contribution < -0.4 is 5.32 Å². The Labute approximate surface area is 113 Å². The highest BCUT2D eigenvalue weighted by atomic mass is 32.2. The quantitative estimate of drug-likeness (QED) is 0.710. The minimum Gasteiger partial charge on any atom is -0.480 e. The number of hydrogen-bond acceptors (Lipinski definition) is 3. The molecule has 0 rings (SSSR count). The van der Waals surface area contributed by atoms with Gasteiger partial charge in [0.25, 0.3) is 0 Å². The highest BCUT2D eigenvalue weighted by Crippen LogP contribution is 2.04. The largest absolute Gasteiger partial charge is 0.480 e. The standard InChI is InChI=1S/C12H24N2O3S/c1-9(2)5-7-14(3)12(17)13-10(11(15)16)6-8-18-4/h9-10H,5-8H2,1-4H3,(H,13,17)(H,15,16)/t10-/m0/s1. The molecule has 0 aromatic rings. The third-order valence-corrected chi connectivity index (χ3v) is 3.24. The number of urea groups is 1. The van der Waals surface area contributed by atoms with Gasteiger partial charge in [-0.05, 0) is 30.8 Å². The Balaban J connectivity index is 4.18. The average molecular weight is 276 g/mol. The van der Waals surface area contributed by atoms with Gasteiger partial charge >= 0.3 is 12.0 Å². The molecule has 0 aliphatic rings. The van der Waals surface area contributed by atoms with E-state index in [2.05, 4.69) is 19.2 Å². The van der Waals surface area contributed by atoms with Crippen LogP contribution in [-0.2, 0) is 4.79 Å². The number of amides is 2. The molecule has 0 saturated heterocycles. The molecule has 106 valence electrons. The van der Waals surface area contributed by atoms with Crippen molar-refractivity contribution in [1.82, 2.24) is 10.2 Å². The zero-order chi connectivity index (χ0) is 14.1. The van der Waals surface area contributed by atoms with Crippen molar-refractivity contribution in [3.8, 4) is 0 Å². The van der Waals surface area contributed by atoms with Gasteiger partial charge in [-0.25, -0.2) is 9.59 Å². The van der Waals surface area contributed by atoms with E-state index in [1.807, 2.05) is 6.26 Å². The maximum atomic E-state index is 11.8. The van der Waals surface area contributed by atoms with Crippen molar-refractivity contribution in [2.75, 3.05) is 25.6 Å². The van der Waals surface area contributed by atoms with Gasteiger partial charge in [0.2, 0.25) is 0 Å². The average Bonchev–Trinajstić information content (AvgIpc) is 2.30. The zero-order valence-corrected chi connectivity index (χ0v) is 12.4. The van der Waals surface area contributed by atoms with Gasteiger partial charge in [0.05, 0.1) is 0 Å². The van der Waals surface area contributed by atoms with E-state index in [1.54, 1.807) is 18.8 Å². The van der Waals surface area contributed by atoms with Crippen LogP contribution >= 0.6 is 11.8 Å². The summed E-state index contributed by atoms with van der Waals surface area (Å²) in [6.45, 7) is 4.81. The molecule has 6 heteroatoms. The normalized spacial score (nSPS) is 12.3. The summed E-state index contributed by atoms with van der Waals surface area (Å²) in [5.74, 6) is 0.258. The number of carboxylic acid groups (broad SMARTS) is 1. The summed E-state index contributed by atoms with van der Waals surface area (Å²) < 4.78 is 0. The molecule has 5 nitrogen and oxygen atoms in total. The highest BCUT2D eigenvalue weighted by molar-refractivity contribution is 7.98. The fraction of sp³-hybridized carbons (Fsp3) is 0.833. The van der Waals surface area contributed by atoms with Crippen LogP contribution in [0.4, 0.5) is 4.79 Å². The number of carbonyl (C=O) groups excluding carboxylic acids is 1. The van der Waals surface area contributed by atoms with Crippen molar-refractivity contribution < 1.29 is 14.7 Å². The molecule has 0 aromatic heterocycles. The summed E-state index contributed by atoms with van der Waals surface area (Å²) in [5, 5.41) is 11.6. The Morgan fingerprint density at radius 3 is 2.39 bits per heavy atom. The molecule has 0 unspecified atom stereocenters. The molecule has 0 aliphatic carbocycles. The van der Waals surface area contributed by atoms with Crippen LogP contribution in [0.15, 0.2) is 0 Å². The summed E-state index contributed by atoms with van der Waals surface area (Å²) in [4.78, 5) is 24.3. The van der Waals surface area contributed by atoms with Crippen LogP contribution in [0.3, 0.4) is 0 Å². The maximum Gasteiger partial charge on any atom is 0.326 e. The van der Waals surface area contributed by atoms with Gasteiger partial charge in [-0.15, -0.1) is 0 Å². The van der Waals surface area contributed by atoms with E-state index in [9.17, 15) is 9.59 Å². The van der Waals surface area contributed by atoms with E-state index in [0.29, 0.717) is 24.6 Å². The molecule has 0 heterocycles. The first kappa shape index (κ1) is 17.1. The van der Waals surface area contributed by atoms with Crippen LogP contribution in [0.2, 0.25) is 0 Å². The van der Waals surface area contributed by atoms with Crippen LogP contribution in [0.1, 0.15) is 26.7 Å². The van der Waals surface area contributed by atoms with Gasteiger partial charge in [-0.1, -0.05) is 13.8 Å². The maximum absolute atomic E-state index is 11.8. The first-order chi connectivity index (χ1) is 8.38. The number of thioether (sulfide) groups is 1. The predicted molar refractivity (Wildman–Crippen MR) is 75.0 cm³/mol. The lowest BCUT2D eigenvalue weighted by Crippen LogP contribution is -2.47. The second kappa shape index (κ2) is 9.08. The summed E-state index contributed by atoms with van der Waals surface area (Å²) in [7, 11) is 1.69. The molecule has 0 spiro atoms. The van der Waals surface area contributed by atoms with Crippen molar-refractivity contribution in [3.63, 3.8) is 0 Å². The van der Waals surface area contributed by atoms with Gasteiger partial charge in [0.15, 0.2) is 0 Å². The summed E-state index contributed by atoms with van der Waals surface area (Å²) in [5.41, 5.74) is 0. The lowest BCUT2D eigenvalue weighted by atomic mass is 10.1. The second-order valence-corrected chi connectivity index (χ2v) is 5.71. The van der Waals surface area contributed by atoms with Crippen LogP contribution in [0, 0.1) is 5.92 Å². The predicted octanol–water partition coefficient (Wildman–Crippen LogP) is 1.88. The van der Waals surface area contributed by atoms with Crippen LogP contribution in [0.5, 0.6) is 0 Å². The lowest BCUT2D eigenvalue weighted by Gasteiger charge is -2.22. The topological polar surface area (TPSA) is 69.6 Å². The van der Waals surface area contributed by atoms with Crippen molar-refractivity contribution in [2.24, 2.45) is 5.92 Å². The van der Waals surface area contributed by atoms with E-state index in [0.717, 1.165) is 6.42 Å².